The summed E-state index contributed by atoms with van der Waals surface area (Å²) in [6, 6.07) is 13.7. The fraction of sp³-hybridized carbons (Fsp3) is 0.364. The van der Waals surface area contributed by atoms with Crippen LogP contribution in [0.15, 0.2) is 54.6 Å². The Balaban J connectivity index is 1.51. The van der Waals surface area contributed by atoms with Crippen LogP contribution in [0.4, 0.5) is 9.18 Å². The number of nitrogens with zero attached hydrogens (tertiary/aromatic N) is 1. The highest BCUT2D eigenvalue weighted by molar-refractivity contribution is 5.86. The summed E-state index contributed by atoms with van der Waals surface area (Å²) in [5.41, 5.74) is 0.828. The Hall–Kier alpha value is -3.13. The molecule has 0 radical (unpaired) electrons. The molecule has 0 spiro atoms. The SMILES string of the molecule is CC(COc1cccc(F)c1)NC(=O)[C@@H]1C[C@@H](O)CN1C(=O)OCc1ccccc1. The van der Waals surface area contributed by atoms with Crippen molar-refractivity contribution in [1.82, 2.24) is 10.2 Å². The van der Waals surface area contributed by atoms with Crippen LogP contribution in [0.3, 0.4) is 0 Å². The molecule has 1 heterocycles. The fourth-order valence-electron chi connectivity index (χ4n) is 3.23. The second kappa shape index (κ2) is 10.1. The molecule has 8 heteroatoms. The second-order valence-corrected chi connectivity index (χ2v) is 7.28. The molecular formula is C22H25FN2O5. The number of rotatable bonds is 7. The number of halogens is 1. The molecule has 0 saturated carbocycles. The lowest BCUT2D eigenvalue weighted by Crippen LogP contribution is -2.49. The average Bonchev–Trinajstić information content (AvgIpc) is 3.13. The van der Waals surface area contributed by atoms with Gasteiger partial charge in [0.1, 0.15) is 30.8 Å². The lowest BCUT2D eigenvalue weighted by Gasteiger charge is -2.24. The number of ether oxygens (including phenoxy) is 2. The van der Waals surface area contributed by atoms with Gasteiger partial charge in [-0.2, -0.15) is 0 Å². The maximum atomic E-state index is 13.2. The van der Waals surface area contributed by atoms with Crippen molar-refractivity contribution in [3.8, 4) is 5.75 Å². The topological polar surface area (TPSA) is 88.1 Å². The van der Waals surface area contributed by atoms with Crippen molar-refractivity contribution in [2.75, 3.05) is 13.2 Å². The molecule has 3 atom stereocenters. The summed E-state index contributed by atoms with van der Waals surface area (Å²) in [6.07, 6.45) is -1.33. The predicted octanol–water partition coefficient (Wildman–Crippen LogP) is 2.48. The van der Waals surface area contributed by atoms with Crippen molar-refractivity contribution in [3.63, 3.8) is 0 Å². The van der Waals surface area contributed by atoms with Crippen molar-refractivity contribution < 1.29 is 28.6 Å². The molecule has 2 aromatic rings. The van der Waals surface area contributed by atoms with Gasteiger partial charge in [-0.05, 0) is 24.6 Å². The highest BCUT2D eigenvalue weighted by Gasteiger charge is 2.40. The summed E-state index contributed by atoms with van der Waals surface area (Å²) in [6.45, 7) is 1.97. The normalized spacial score (nSPS) is 19.2. The van der Waals surface area contributed by atoms with Gasteiger partial charge in [0.05, 0.1) is 18.7 Å². The Labute approximate surface area is 174 Å². The molecule has 1 saturated heterocycles. The molecule has 0 aromatic heterocycles. The van der Waals surface area contributed by atoms with E-state index in [-0.39, 0.29) is 32.2 Å². The number of carbonyl (C=O) groups is 2. The average molecular weight is 416 g/mol. The van der Waals surface area contributed by atoms with E-state index in [9.17, 15) is 19.1 Å². The van der Waals surface area contributed by atoms with E-state index in [1.165, 1.54) is 23.1 Å². The van der Waals surface area contributed by atoms with Gasteiger partial charge in [0, 0.05) is 12.5 Å². The van der Waals surface area contributed by atoms with E-state index in [2.05, 4.69) is 5.32 Å². The van der Waals surface area contributed by atoms with Crippen LogP contribution in [0.1, 0.15) is 18.9 Å². The maximum Gasteiger partial charge on any atom is 0.410 e. The number of benzene rings is 2. The van der Waals surface area contributed by atoms with Crippen molar-refractivity contribution in [1.29, 1.82) is 0 Å². The Morgan fingerprint density at radius 1 is 1.23 bits per heavy atom. The van der Waals surface area contributed by atoms with Gasteiger partial charge >= 0.3 is 6.09 Å². The van der Waals surface area contributed by atoms with Crippen molar-refractivity contribution in [2.24, 2.45) is 0 Å². The summed E-state index contributed by atoms with van der Waals surface area (Å²) in [5.74, 6) is -0.453. The molecule has 2 N–H and O–H groups in total. The first-order valence-corrected chi connectivity index (χ1v) is 9.76. The number of likely N-dealkylation sites (tertiary alicyclic amines) is 1. The zero-order chi connectivity index (χ0) is 21.5. The zero-order valence-corrected chi connectivity index (χ0v) is 16.7. The Bertz CT molecular complexity index is 864. The largest absolute Gasteiger partial charge is 0.491 e. The molecule has 30 heavy (non-hydrogen) atoms. The molecule has 1 unspecified atom stereocenters. The third-order valence-corrected chi connectivity index (χ3v) is 4.71. The minimum Gasteiger partial charge on any atom is -0.491 e. The minimum absolute atomic E-state index is 0.0277. The molecular weight excluding hydrogens is 391 g/mol. The first kappa shape index (κ1) is 21.6. The number of nitrogens with one attached hydrogen (secondary N) is 1. The van der Waals surface area contributed by atoms with Gasteiger partial charge in [-0.25, -0.2) is 9.18 Å². The highest BCUT2D eigenvalue weighted by Crippen LogP contribution is 2.20. The Morgan fingerprint density at radius 2 is 2.00 bits per heavy atom. The summed E-state index contributed by atoms with van der Waals surface area (Å²) < 4.78 is 24.0. The standard InChI is InChI=1S/C22H25FN2O5/c1-15(13-29-19-9-5-8-17(23)10-19)24-21(27)20-11-18(26)12-25(20)22(28)30-14-16-6-3-2-4-7-16/h2-10,15,18,20,26H,11-14H2,1H3,(H,24,27)/t15?,18-,20+/m1/s1. The van der Waals surface area contributed by atoms with E-state index in [4.69, 9.17) is 9.47 Å². The van der Waals surface area contributed by atoms with Crippen LogP contribution in [0.25, 0.3) is 0 Å². The summed E-state index contributed by atoms with van der Waals surface area (Å²) >= 11 is 0. The van der Waals surface area contributed by atoms with Crippen molar-refractivity contribution >= 4 is 12.0 Å². The number of aliphatic hydroxyl groups excluding tert-OH is 1. The number of amides is 2. The van der Waals surface area contributed by atoms with Gasteiger partial charge in [0.2, 0.25) is 5.91 Å². The zero-order valence-electron chi connectivity index (χ0n) is 16.7. The van der Waals surface area contributed by atoms with Gasteiger partial charge < -0.3 is 19.9 Å². The van der Waals surface area contributed by atoms with E-state index in [0.29, 0.717) is 5.75 Å². The first-order valence-electron chi connectivity index (χ1n) is 9.76. The van der Waals surface area contributed by atoms with Crippen LogP contribution in [0.5, 0.6) is 5.75 Å². The van der Waals surface area contributed by atoms with E-state index in [1.807, 2.05) is 30.3 Å². The van der Waals surface area contributed by atoms with Gasteiger partial charge in [-0.3, -0.25) is 9.69 Å². The third kappa shape index (κ3) is 5.93. The van der Waals surface area contributed by atoms with Crippen LogP contribution in [0.2, 0.25) is 0 Å². The van der Waals surface area contributed by atoms with Crippen molar-refractivity contribution in [2.45, 2.75) is 38.1 Å². The predicted molar refractivity (Wildman–Crippen MR) is 107 cm³/mol. The molecule has 0 aliphatic carbocycles. The smallest absolute Gasteiger partial charge is 0.410 e. The van der Waals surface area contributed by atoms with Gasteiger partial charge in [0.15, 0.2) is 0 Å². The number of hydrogen-bond donors (Lipinski definition) is 2. The van der Waals surface area contributed by atoms with E-state index in [1.54, 1.807) is 13.0 Å². The molecule has 1 aliphatic heterocycles. The summed E-state index contributed by atoms with van der Waals surface area (Å²) in [7, 11) is 0. The molecule has 3 rings (SSSR count). The molecule has 0 bridgehead atoms. The van der Waals surface area contributed by atoms with Crippen LogP contribution >= 0.6 is 0 Å². The lowest BCUT2D eigenvalue weighted by atomic mass is 10.1. The minimum atomic E-state index is -0.833. The number of carbonyl (C=O) groups excluding carboxylic acids is 2. The molecule has 1 aliphatic rings. The van der Waals surface area contributed by atoms with Crippen molar-refractivity contribution in [3.05, 3.63) is 66.0 Å². The fourth-order valence-corrected chi connectivity index (χ4v) is 3.23. The quantitative estimate of drug-likeness (QED) is 0.724. The van der Waals surface area contributed by atoms with E-state index in [0.717, 1.165) is 5.56 Å². The van der Waals surface area contributed by atoms with Crippen LogP contribution in [-0.4, -0.2) is 53.3 Å². The summed E-state index contributed by atoms with van der Waals surface area (Å²) in [4.78, 5) is 26.4. The molecule has 160 valence electrons. The second-order valence-electron chi connectivity index (χ2n) is 7.28. The van der Waals surface area contributed by atoms with E-state index < -0.39 is 30.0 Å². The van der Waals surface area contributed by atoms with Gasteiger partial charge in [-0.15, -0.1) is 0 Å². The molecule has 7 nitrogen and oxygen atoms in total. The molecule has 1 fully saturated rings. The highest BCUT2D eigenvalue weighted by atomic mass is 19.1. The third-order valence-electron chi connectivity index (χ3n) is 4.71. The number of aliphatic hydroxyl groups is 1. The van der Waals surface area contributed by atoms with Gasteiger partial charge in [-0.1, -0.05) is 36.4 Å². The Kier molecular flexibility index (Phi) is 7.24. The van der Waals surface area contributed by atoms with Crippen LogP contribution in [-0.2, 0) is 16.1 Å². The number of hydrogen-bond acceptors (Lipinski definition) is 5. The van der Waals surface area contributed by atoms with E-state index >= 15 is 0 Å². The summed E-state index contributed by atoms with van der Waals surface area (Å²) in [5, 5.41) is 12.7. The number of β-amino-alcohol motifs (C(OH)–C–C–N with tert-alkyl or cyclic N) is 1. The molecule has 2 amide bonds. The lowest BCUT2D eigenvalue weighted by molar-refractivity contribution is -0.126. The monoisotopic (exact) mass is 416 g/mol. The Morgan fingerprint density at radius 3 is 2.73 bits per heavy atom. The maximum absolute atomic E-state index is 13.2. The van der Waals surface area contributed by atoms with Crippen LogP contribution < -0.4 is 10.1 Å². The molecule has 2 aromatic carbocycles. The first-order chi connectivity index (χ1) is 14.4. The van der Waals surface area contributed by atoms with Gasteiger partial charge in [0.25, 0.3) is 0 Å². The van der Waals surface area contributed by atoms with Crippen LogP contribution in [0, 0.1) is 5.82 Å².